The number of rotatable bonds is 3. The lowest BCUT2D eigenvalue weighted by Crippen LogP contribution is -2.50. The molecule has 17 heavy (non-hydrogen) atoms. The van der Waals surface area contributed by atoms with Gasteiger partial charge in [0.25, 0.3) is 0 Å². The standard InChI is InChI=1S/C13H24N2O2/c1-3-12-11(6-7-17-12)13(16)15-10-5-4-9(2)14-8-10/h9-12,14H,3-8H2,1-2H3,(H,15,16). The average Bonchev–Trinajstić information content (AvgIpc) is 2.80. The van der Waals surface area contributed by atoms with E-state index in [0.717, 1.165) is 38.8 Å². The normalized spacial score (nSPS) is 38.0. The predicted octanol–water partition coefficient (Wildman–Crippen LogP) is 1.06. The molecule has 2 N–H and O–H groups in total. The molecule has 0 bridgehead atoms. The Kier molecular flexibility index (Phi) is 4.40. The topological polar surface area (TPSA) is 50.4 Å². The van der Waals surface area contributed by atoms with Crippen molar-refractivity contribution in [3.63, 3.8) is 0 Å². The predicted molar refractivity (Wildman–Crippen MR) is 66.8 cm³/mol. The van der Waals surface area contributed by atoms with E-state index in [-0.39, 0.29) is 17.9 Å². The van der Waals surface area contributed by atoms with Crippen molar-refractivity contribution in [3.05, 3.63) is 0 Å². The zero-order chi connectivity index (χ0) is 12.3. The summed E-state index contributed by atoms with van der Waals surface area (Å²) in [7, 11) is 0. The van der Waals surface area contributed by atoms with Crippen LogP contribution in [0.15, 0.2) is 0 Å². The molecule has 1 amide bonds. The third-order valence-electron chi connectivity index (χ3n) is 3.96. The molecule has 0 radical (unpaired) electrons. The Morgan fingerprint density at radius 3 is 2.88 bits per heavy atom. The molecular formula is C13H24N2O2. The highest BCUT2D eigenvalue weighted by Gasteiger charge is 2.33. The Labute approximate surface area is 103 Å². The lowest BCUT2D eigenvalue weighted by Gasteiger charge is -2.29. The highest BCUT2D eigenvalue weighted by Crippen LogP contribution is 2.23. The molecular weight excluding hydrogens is 216 g/mol. The van der Waals surface area contributed by atoms with Gasteiger partial charge in [-0.05, 0) is 32.6 Å². The summed E-state index contributed by atoms with van der Waals surface area (Å²) in [6.07, 6.45) is 4.16. The van der Waals surface area contributed by atoms with Crippen LogP contribution in [0, 0.1) is 5.92 Å². The summed E-state index contributed by atoms with van der Waals surface area (Å²) in [5, 5.41) is 6.57. The molecule has 4 atom stereocenters. The lowest BCUT2D eigenvalue weighted by molar-refractivity contribution is -0.127. The fraction of sp³-hybridized carbons (Fsp3) is 0.923. The maximum atomic E-state index is 12.1. The van der Waals surface area contributed by atoms with Crippen molar-refractivity contribution in [1.82, 2.24) is 10.6 Å². The quantitative estimate of drug-likeness (QED) is 0.775. The van der Waals surface area contributed by atoms with E-state index in [4.69, 9.17) is 4.74 Å². The van der Waals surface area contributed by atoms with E-state index in [1.807, 2.05) is 0 Å². The highest BCUT2D eigenvalue weighted by atomic mass is 16.5. The van der Waals surface area contributed by atoms with Gasteiger partial charge in [-0.3, -0.25) is 4.79 Å². The van der Waals surface area contributed by atoms with Gasteiger partial charge in [-0.1, -0.05) is 6.92 Å². The van der Waals surface area contributed by atoms with E-state index >= 15 is 0 Å². The number of piperidine rings is 1. The van der Waals surface area contributed by atoms with E-state index in [9.17, 15) is 4.79 Å². The molecule has 0 aliphatic carbocycles. The first-order valence-corrected chi connectivity index (χ1v) is 6.86. The second kappa shape index (κ2) is 5.83. The zero-order valence-electron chi connectivity index (χ0n) is 10.9. The molecule has 2 saturated heterocycles. The van der Waals surface area contributed by atoms with Gasteiger partial charge in [0, 0.05) is 25.2 Å². The van der Waals surface area contributed by atoms with Gasteiger partial charge in [0.2, 0.25) is 5.91 Å². The maximum Gasteiger partial charge on any atom is 0.226 e. The van der Waals surface area contributed by atoms with E-state index in [1.165, 1.54) is 0 Å². The molecule has 2 aliphatic rings. The summed E-state index contributed by atoms with van der Waals surface area (Å²) < 4.78 is 5.57. The molecule has 98 valence electrons. The van der Waals surface area contributed by atoms with Crippen LogP contribution in [-0.2, 0) is 9.53 Å². The molecule has 0 aromatic rings. The van der Waals surface area contributed by atoms with Crippen molar-refractivity contribution in [2.24, 2.45) is 5.92 Å². The molecule has 0 aromatic carbocycles. The molecule has 4 unspecified atom stereocenters. The number of hydrogen-bond acceptors (Lipinski definition) is 3. The Morgan fingerprint density at radius 1 is 1.41 bits per heavy atom. The molecule has 2 fully saturated rings. The summed E-state index contributed by atoms with van der Waals surface area (Å²) in [6.45, 7) is 5.91. The number of carbonyl (C=O) groups is 1. The van der Waals surface area contributed by atoms with Gasteiger partial charge in [0.1, 0.15) is 0 Å². The van der Waals surface area contributed by atoms with E-state index < -0.39 is 0 Å². The number of amides is 1. The van der Waals surface area contributed by atoms with Gasteiger partial charge in [-0.25, -0.2) is 0 Å². The summed E-state index contributed by atoms with van der Waals surface area (Å²) in [4.78, 5) is 12.1. The van der Waals surface area contributed by atoms with E-state index in [0.29, 0.717) is 12.1 Å². The first-order valence-electron chi connectivity index (χ1n) is 6.86. The van der Waals surface area contributed by atoms with Gasteiger partial charge < -0.3 is 15.4 Å². The maximum absolute atomic E-state index is 12.1. The van der Waals surface area contributed by atoms with Crippen LogP contribution < -0.4 is 10.6 Å². The lowest BCUT2D eigenvalue weighted by atomic mass is 9.96. The molecule has 0 spiro atoms. The Balaban J connectivity index is 1.80. The minimum absolute atomic E-state index is 0.0688. The number of carbonyl (C=O) groups excluding carboxylic acids is 1. The minimum Gasteiger partial charge on any atom is -0.377 e. The SMILES string of the molecule is CCC1OCCC1C(=O)NC1CCC(C)NC1. The molecule has 2 rings (SSSR count). The fourth-order valence-corrected chi connectivity index (χ4v) is 2.78. The molecule has 2 heterocycles. The summed E-state index contributed by atoms with van der Waals surface area (Å²) in [5.74, 6) is 0.259. The summed E-state index contributed by atoms with van der Waals surface area (Å²) >= 11 is 0. The minimum atomic E-state index is 0.0688. The third kappa shape index (κ3) is 3.19. The Bertz CT molecular complexity index is 262. The Hall–Kier alpha value is -0.610. The second-order valence-electron chi connectivity index (χ2n) is 5.30. The third-order valence-corrected chi connectivity index (χ3v) is 3.96. The van der Waals surface area contributed by atoms with Crippen LogP contribution in [0.2, 0.25) is 0 Å². The van der Waals surface area contributed by atoms with Gasteiger partial charge in [0.15, 0.2) is 0 Å². The smallest absolute Gasteiger partial charge is 0.226 e. The van der Waals surface area contributed by atoms with Crippen molar-refractivity contribution < 1.29 is 9.53 Å². The van der Waals surface area contributed by atoms with Gasteiger partial charge in [-0.2, -0.15) is 0 Å². The van der Waals surface area contributed by atoms with Crippen LogP contribution in [0.5, 0.6) is 0 Å². The summed E-state index contributed by atoms with van der Waals surface area (Å²) in [5.41, 5.74) is 0. The fourth-order valence-electron chi connectivity index (χ4n) is 2.78. The van der Waals surface area contributed by atoms with E-state index in [1.54, 1.807) is 0 Å². The van der Waals surface area contributed by atoms with Gasteiger partial charge in [-0.15, -0.1) is 0 Å². The van der Waals surface area contributed by atoms with Crippen LogP contribution in [0.4, 0.5) is 0 Å². The molecule has 2 aliphatic heterocycles. The van der Waals surface area contributed by atoms with Crippen LogP contribution in [-0.4, -0.2) is 37.2 Å². The average molecular weight is 240 g/mol. The first kappa shape index (κ1) is 12.8. The second-order valence-corrected chi connectivity index (χ2v) is 5.30. The van der Waals surface area contributed by atoms with Crippen LogP contribution in [0.3, 0.4) is 0 Å². The van der Waals surface area contributed by atoms with Gasteiger partial charge >= 0.3 is 0 Å². The summed E-state index contributed by atoms with van der Waals surface area (Å²) in [6, 6.07) is 0.887. The van der Waals surface area contributed by atoms with Gasteiger partial charge in [0.05, 0.1) is 12.0 Å². The number of hydrogen-bond donors (Lipinski definition) is 2. The number of ether oxygens (including phenoxy) is 1. The van der Waals surface area contributed by atoms with E-state index in [2.05, 4.69) is 24.5 Å². The zero-order valence-corrected chi connectivity index (χ0v) is 10.9. The van der Waals surface area contributed by atoms with Crippen molar-refractivity contribution >= 4 is 5.91 Å². The molecule has 0 saturated carbocycles. The largest absolute Gasteiger partial charge is 0.377 e. The van der Waals surface area contributed by atoms with Crippen molar-refractivity contribution in [3.8, 4) is 0 Å². The Morgan fingerprint density at radius 2 is 2.24 bits per heavy atom. The van der Waals surface area contributed by atoms with Crippen LogP contribution >= 0.6 is 0 Å². The monoisotopic (exact) mass is 240 g/mol. The van der Waals surface area contributed by atoms with Crippen molar-refractivity contribution in [2.45, 2.75) is 57.7 Å². The van der Waals surface area contributed by atoms with Crippen molar-refractivity contribution in [2.75, 3.05) is 13.2 Å². The van der Waals surface area contributed by atoms with Crippen LogP contribution in [0.1, 0.15) is 39.5 Å². The first-order chi connectivity index (χ1) is 8.20. The van der Waals surface area contributed by atoms with Crippen LogP contribution in [0.25, 0.3) is 0 Å². The molecule has 4 heteroatoms. The molecule has 4 nitrogen and oxygen atoms in total. The van der Waals surface area contributed by atoms with Crippen molar-refractivity contribution in [1.29, 1.82) is 0 Å². The highest BCUT2D eigenvalue weighted by molar-refractivity contribution is 5.79. The molecule has 0 aromatic heterocycles. The number of nitrogens with one attached hydrogen (secondary N) is 2.